The van der Waals surface area contributed by atoms with Gasteiger partial charge in [0.2, 0.25) is 0 Å². The molecule has 10 aromatic rings. The van der Waals surface area contributed by atoms with Crippen LogP contribution < -0.4 is 0 Å². The first-order valence-electron chi connectivity index (χ1n) is 16.8. The van der Waals surface area contributed by atoms with Gasteiger partial charge < -0.3 is 8.98 Å². The maximum absolute atomic E-state index is 6.63. The van der Waals surface area contributed by atoms with Gasteiger partial charge in [0, 0.05) is 49.5 Å². The normalized spacial score (nSPS) is 11.6. The van der Waals surface area contributed by atoms with Crippen molar-refractivity contribution >= 4 is 43.7 Å². The standard InChI is InChI=1S/C46H29N3O/c1-4-15-30(16-5-1)39-29-40(31-17-6-2-7-18-31)48-46(47-39)32-27-38(44-37-22-11-13-26-42(37)50-43(44)28-32)36-24-14-23-35-34-21-10-12-25-41(34)49(45(35)36)33-19-8-3-9-20-33/h1-29H. The summed E-state index contributed by atoms with van der Waals surface area (Å²) >= 11 is 0. The smallest absolute Gasteiger partial charge is 0.160 e. The molecule has 0 amide bonds. The van der Waals surface area contributed by atoms with E-state index in [-0.39, 0.29) is 0 Å². The molecule has 4 nitrogen and oxygen atoms in total. The van der Waals surface area contributed by atoms with Gasteiger partial charge in [0.1, 0.15) is 11.2 Å². The summed E-state index contributed by atoms with van der Waals surface area (Å²) in [6.45, 7) is 0. The molecule has 0 radical (unpaired) electrons. The van der Waals surface area contributed by atoms with E-state index in [0.29, 0.717) is 5.82 Å². The van der Waals surface area contributed by atoms with E-state index in [1.807, 2.05) is 48.5 Å². The highest BCUT2D eigenvalue weighted by atomic mass is 16.3. The lowest BCUT2D eigenvalue weighted by Gasteiger charge is -2.14. The number of nitrogens with zero attached hydrogens (tertiary/aromatic N) is 3. The van der Waals surface area contributed by atoms with E-state index in [4.69, 9.17) is 14.4 Å². The van der Waals surface area contributed by atoms with Gasteiger partial charge in [-0.3, -0.25) is 0 Å². The quantitative estimate of drug-likeness (QED) is 0.188. The summed E-state index contributed by atoms with van der Waals surface area (Å²) in [4.78, 5) is 10.4. The Morgan fingerprint density at radius 3 is 1.74 bits per heavy atom. The van der Waals surface area contributed by atoms with Crippen molar-refractivity contribution in [3.05, 3.63) is 176 Å². The molecule has 0 unspecified atom stereocenters. The molecule has 50 heavy (non-hydrogen) atoms. The minimum atomic E-state index is 0.643. The van der Waals surface area contributed by atoms with E-state index in [1.165, 1.54) is 10.8 Å². The average molecular weight is 640 g/mol. The third kappa shape index (κ3) is 4.54. The van der Waals surface area contributed by atoms with Crippen molar-refractivity contribution in [2.75, 3.05) is 0 Å². The van der Waals surface area contributed by atoms with Crippen molar-refractivity contribution in [1.82, 2.24) is 14.5 Å². The summed E-state index contributed by atoms with van der Waals surface area (Å²) in [5.74, 6) is 0.643. The van der Waals surface area contributed by atoms with Gasteiger partial charge in [-0.15, -0.1) is 0 Å². The highest BCUT2D eigenvalue weighted by molar-refractivity contribution is 6.19. The minimum absolute atomic E-state index is 0.643. The summed E-state index contributed by atoms with van der Waals surface area (Å²) < 4.78 is 9.02. The Balaban J connectivity index is 1.31. The Kier molecular flexibility index (Phi) is 6.46. The van der Waals surface area contributed by atoms with Crippen LogP contribution >= 0.6 is 0 Å². The lowest BCUT2D eigenvalue weighted by molar-refractivity contribution is 0.669. The van der Waals surface area contributed by atoms with Crippen LogP contribution in [0, 0.1) is 0 Å². The molecule has 0 spiro atoms. The number of furan rings is 1. The summed E-state index contributed by atoms with van der Waals surface area (Å²) in [6, 6.07) is 61.3. The number of hydrogen-bond acceptors (Lipinski definition) is 3. The number of para-hydroxylation sites is 4. The van der Waals surface area contributed by atoms with Gasteiger partial charge in [-0.25, -0.2) is 9.97 Å². The van der Waals surface area contributed by atoms with Crippen LogP contribution in [-0.2, 0) is 0 Å². The van der Waals surface area contributed by atoms with Crippen molar-refractivity contribution < 1.29 is 4.42 Å². The first kappa shape index (κ1) is 28.3. The molecule has 0 saturated carbocycles. The highest BCUT2D eigenvalue weighted by Gasteiger charge is 2.22. The molecule has 0 bridgehead atoms. The summed E-state index contributed by atoms with van der Waals surface area (Å²) in [6.07, 6.45) is 0. The molecule has 0 fully saturated rings. The van der Waals surface area contributed by atoms with Crippen molar-refractivity contribution in [2.24, 2.45) is 0 Å². The first-order valence-corrected chi connectivity index (χ1v) is 16.8. The molecular weight excluding hydrogens is 611 g/mol. The Morgan fingerprint density at radius 1 is 0.420 bits per heavy atom. The van der Waals surface area contributed by atoms with Crippen molar-refractivity contribution in [2.45, 2.75) is 0 Å². The Hall–Kier alpha value is -6.78. The Labute approximate surface area is 288 Å². The topological polar surface area (TPSA) is 43.9 Å². The van der Waals surface area contributed by atoms with Gasteiger partial charge in [0.25, 0.3) is 0 Å². The van der Waals surface area contributed by atoms with E-state index < -0.39 is 0 Å². The molecular formula is C46H29N3O. The van der Waals surface area contributed by atoms with Gasteiger partial charge in [-0.2, -0.15) is 0 Å². The highest BCUT2D eigenvalue weighted by Crippen LogP contribution is 2.44. The second-order valence-corrected chi connectivity index (χ2v) is 12.6. The molecule has 0 saturated heterocycles. The maximum atomic E-state index is 6.63. The zero-order chi connectivity index (χ0) is 33.0. The van der Waals surface area contributed by atoms with E-state index in [0.717, 1.165) is 77.9 Å². The third-order valence-corrected chi connectivity index (χ3v) is 9.60. The van der Waals surface area contributed by atoms with Gasteiger partial charge >= 0.3 is 0 Å². The molecule has 0 aliphatic heterocycles. The largest absolute Gasteiger partial charge is 0.456 e. The first-order chi connectivity index (χ1) is 24.8. The summed E-state index contributed by atoms with van der Waals surface area (Å²) in [7, 11) is 0. The lowest BCUT2D eigenvalue weighted by Crippen LogP contribution is -1.97. The molecule has 0 atom stereocenters. The molecule has 3 heterocycles. The van der Waals surface area contributed by atoms with Gasteiger partial charge in [0.05, 0.1) is 22.4 Å². The average Bonchev–Trinajstić information content (AvgIpc) is 3.74. The molecule has 3 aromatic heterocycles. The summed E-state index contributed by atoms with van der Waals surface area (Å²) in [5.41, 5.74) is 12.0. The summed E-state index contributed by atoms with van der Waals surface area (Å²) in [5, 5.41) is 4.56. The number of fused-ring (bicyclic) bond motifs is 6. The van der Waals surface area contributed by atoms with E-state index in [2.05, 4.69) is 132 Å². The van der Waals surface area contributed by atoms with E-state index >= 15 is 0 Å². The van der Waals surface area contributed by atoms with Crippen LogP contribution in [0.2, 0.25) is 0 Å². The number of benzene rings is 7. The molecule has 0 aliphatic rings. The second-order valence-electron chi connectivity index (χ2n) is 12.6. The zero-order valence-corrected chi connectivity index (χ0v) is 27.0. The molecule has 0 N–H and O–H groups in total. The fraction of sp³-hybridized carbons (Fsp3) is 0. The Morgan fingerprint density at radius 2 is 1.02 bits per heavy atom. The van der Waals surface area contributed by atoms with E-state index in [9.17, 15) is 0 Å². The zero-order valence-electron chi connectivity index (χ0n) is 27.0. The van der Waals surface area contributed by atoms with Gasteiger partial charge in [-0.05, 0) is 48.0 Å². The predicted molar refractivity (Wildman–Crippen MR) is 205 cm³/mol. The van der Waals surface area contributed by atoms with Crippen molar-refractivity contribution in [3.63, 3.8) is 0 Å². The Bertz CT molecular complexity index is 2800. The number of aromatic nitrogens is 3. The molecule has 7 aromatic carbocycles. The number of hydrogen-bond donors (Lipinski definition) is 0. The van der Waals surface area contributed by atoms with Crippen LogP contribution in [0.3, 0.4) is 0 Å². The second kappa shape index (κ2) is 11.4. The fourth-order valence-electron chi connectivity index (χ4n) is 7.37. The minimum Gasteiger partial charge on any atom is -0.456 e. The van der Waals surface area contributed by atoms with Gasteiger partial charge in [-0.1, -0.05) is 133 Å². The van der Waals surface area contributed by atoms with Crippen LogP contribution in [0.5, 0.6) is 0 Å². The fourth-order valence-corrected chi connectivity index (χ4v) is 7.37. The van der Waals surface area contributed by atoms with Crippen LogP contribution in [0.25, 0.3) is 94.5 Å². The van der Waals surface area contributed by atoms with Crippen LogP contribution in [0.4, 0.5) is 0 Å². The molecule has 0 aliphatic carbocycles. The van der Waals surface area contributed by atoms with Crippen LogP contribution in [-0.4, -0.2) is 14.5 Å². The molecule has 10 rings (SSSR count). The SMILES string of the molecule is c1ccc(-c2cc(-c3ccccc3)nc(-c3cc(-c4cccc5c6ccccc6n(-c6ccccc6)c45)c4c(c3)oc3ccccc34)n2)cc1. The lowest BCUT2D eigenvalue weighted by atomic mass is 9.94. The van der Waals surface area contributed by atoms with E-state index in [1.54, 1.807) is 0 Å². The monoisotopic (exact) mass is 639 g/mol. The third-order valence-electron chi connectivity index (χ3n) is 9.60. The van der Waals surface area contributed by atoms with Gasteiger partial charge in [0.15, 0.2) is 5.82 Å². The molecule has 4 heteroatoms. The maximum Gasteiger partial charge on any atom is 0.160 e. The number of rotatable bonds is 5. The van der Waals surface area contributed by atoms with Crippen molar-refractivity contribution in [3.8, 4) is 50.7 Å². The van der Waals surface area contributed by atoms with Crippen LogP contribution in [0.15, 0.2) is 180 Å². The van der Waals surface area contributed by atoms with Crippen molar-refractivity contribution in [1.29, 1.82) is 0 Å². The van der Waals surface area contributed by atoms with Crippen LogP contribution in [0.1, 0.15) is 0 Å². The molecule has 234 valence electrons. The predicted octanol–water partition coefficient (Wildman–Crippen LogP) is 12.1.